The van der Waals surface area contributed by atoms with Gasteiger partial charge in [0, 0.05) is 31.4 Å². The Labute approximate surface area is 105 Å². The van der Waals surface area contributed by atoms with Crippen molar-refractivity contribution in [2.24, 2.45) is 11.1 Å². The average Bonchev–Trinajstić information content (AvgIpc) is 3.18. The van der Waals surface area contributed by atoms with E-state index >= 15 is 0 Å². The third kappa shape index (κ3) is 2.06. The van der Waals surface area contributed by atoms with E-state index in [1.165, 1.54) is 17.0 Å². The van der Waals surface area contributed by atoms with Crippen molar-refractivity contribution < 1.29 is 9.72 Å². The Bertz CT molecular complexity index is 480. The normalized spacial score (nSPS) is 16.1. The number of hydrogen-bond donors (Lipinski definition) is 1. The molecule has 0 unspecified atom stereocenters. The largest absolute Gasteiger partial charge is 0.329 e. The summed E-state index contributed by atoms with van der Waals surface area (Å²) in [5.74, 6) is -0.0150. The Hall–Kier alpha value is -1.95. The van der Waals surface area contributed by atoms with E-state index in [4.69, 9.17) is 5.73 Å². The van der Waals surface area contributed by atoms with E-state index in [0.717, 1.165) is 12.8 Å². The molecule has 6 nitrogen and oxygen atoms in total. The topological polar surface area (TPSA) is 89.5 Å². The van der Waals surface area contributed by atoms with E-state index in [1.54, 1.807) is 19.2 Å². The molecule has 1 fully saturated rings. The quantitative estimate of drug-likeness (QED) is 0.643. The van der Waals surface area contributed by atoms with Crippen LogP contribution in [0, 0.1) is 15.5 Å². The Balaban J connectivity index is 2.16. The van der Waals surface area contributed by atoms with Gasteiger partial charge in [0.1, 0.15) is 0 Å². The van der Waals surface area contributed by atoms with Gasteiger partial charge in [-0.05, 0) is 25.0 Å². The number of benzene rings is 1. The molecule has 0 aliphatic heterocycles. The van der Waals surface area contributed by atoms with Crippen molar-refractivity contribution >= 4 is 17.3 Å². The summed E-state index contributed by atoms with van der Waals surface area (Å²) in [4.78, 5) is 23.8. The van der Waals surface area contributed by atoms with E-state index < -0.39 is 10.3 Å². The van der Waals surface area contributed by atoms with Crippen molar-refractivity contribution in [3.05, 3.63) is 34.4 Å². The fourth-order valence-corrected chi connectivity index (χ4v) is 1.93. The number of carbonyl (C=O) groups excluding carboxylic acids is 1. The minimum Gasteiger partial charge on any atom is -0.329 e. The zero-order chi connectivity index (χ0) is 13.3. The maximum absolute atomic E-state index is 12.2. The van der Waals surface area contributed by atoms with Gasteiger partial charge in [-0.2, -0.15) is 0 Å². The van der Waals surface area contributed by atoms with Gasteiger partial charge in [0.2, 0.25) is 5.91 Å². The predicted octanol–water partition coefficient (Wildman–Crippen LogP) is 1.30. The first-order chi connectivity index (χ1) is 8.50. The van der Waals surface area contributed by atoms with Crippen LogP contribution in [0.25, 0.3) is 0 Å². The van der Waals surface area contributed by atoms with Gasteiger partial charge in [-0.15, -0.1) is 0 Å². The van der Waals surface area contributed by atoms with Crippen LogP contribution >= 0.6 is 0 Å². The highest BCUT2D eigenvalue weighted by molar-refractivity contribution is 5.99. The summed E-state index contributed by atoms with van der Waals surface area (Å²) in [5, 5.41) is 10.5. The Morgan fingerprint density at radius 1 is 1.44 bits per heavy atom. The lowest BCUT2D eigenvalue weighted by atomic mass is 10.1. The molecular formula is C12H15N3O3. The fraction of sp³-hybridized carbons (Fsp3) is 0.417. The monoisotopic (exact) mass is 249 g/mol. The number of anilines is 1. The molecule has 2 N–H and O–H groups in total. The molecule has 1 amide bonds. The van der Waals surface area contributed by atoms with Gasteiger partial charge in [0.15, 0.2) is 0 Å². The molecule has 0 atom stereocenters. The molecule has 1 saturated carbocycles. The molecule has 1 aliphatic rings. The van der Waals surface area contributed by atoms with Crippen molar-refractivity contribution in [3.63, 3.8) is 0 Å². The molecule has 0 saturated heterocycles. The van der Waals surface area contributed by atoms with Crippen LogP contribution in [0.3, 0.4) is 0 Å². The molecule has 6 heteroatoms. The molecule has 0 aromatic heterocycles. The summed E-state index contributed by atoms with van der Waals surface area (Å²) in [6.07, 6.45) is 1.64. The summed E-state index contributed by atoms with van der Waals surface area (Å²) in [7, 11) is 1.67. The third-order valence-corrected chi connectivity index (χ3v) is 3.45. The van der Waals surface area contributed by atoms with Crippen molar-refractivity contribution in [3.8, 4) is 0 Å². The number of carbonyl (C=O) groups is 1. The van der Waals surface area contributed by atoms with Gasteiger partial charge >= 0.3 is 0 Å². The number of rotatable bonds is 4. The average molecular weight is 249 g/mol. The van der Waals surface area contributed by atoms with Crippen LogP contribution in [0.5, 0.6) is 0 Å². The van der Waals surface area contributed by atoms with Gasteiger partial charge < -0.3 is 10.6 Å². The molecule has 0 heterocycles. The van der Waals surface area contributed by atoms with Crippen LogP contribution in [-0.2, 0) is 4.79 Å². The lowest BCUT2D eigenvalue weighted by Gasteiger charge is -2.22. The van der Waals surface area contributed by atoms with Crippen molar-refractivity contribution in [1.29, 1.82) is 0 Å². The molecule has 1 aromatic rings. The summed E-state index contributed by atoms with van der Waals surface area (Å²) in [6.45, 7) is 0.350. The zero-order valence-electron chi connectivity index (χ0n) is 10.1. The number of nitrogens with zero attached hydrogens (tertiary/aromatic N) is 2. The van der Waals surface area contributed by atoms with Crippen molar-refractivity contribution in [1.82, 2.24) is 0 Å². The molecular weight excluding hydrogens is 234 g/mol. The van der Waals surface area contributed by atoms with E-state index in [1.807, 2.05) is 0 Å². The van der Waals surface area contributed by atoms with E-state index in [2.05, 4.69) is 0 Å². The standard InChI is InChI=1S/C12H15N3O3/c1-14(11(16)12(8-13)6-7-12)9-2-4-10(5-3-9)15(17)18/h2-5H,6-8,13H2,1H3. The first kappa shape index (κ1) is 12.5. The van der Waals surface area contributed by atoms with Gasteiger partial charge in [0.05, 0.1) is 10.3 Å². The molecule has 18 heavy (non-hydrogen) atoms. The van der Waals surface area contributed by atoms with E-state index in [0.29, 0.717) is 12.2 Å². The second kappa shape index (κ2) is 4.38. The molecule has 1 aromatic carbocycles. The molecule has 1 aliphatic carbocycles. The Morgan fingerprint density at radius 3 is 2.39 bits per heavy atom. The van der Waals surface area contributed by atoms with E-state index in [-0.39, 0.29) is 11.6 Å². The summed E-state index contributed by atoms with van der Waals surface area (Å²) < 4.78 is 0. The summed E-state index contributed by atoms with van der Waals surface area (Å²) >= 11 is 0. The summed E-state index contributed by atoms with van der Waals surface area (Å²) in [6, 6.07) is 5.92. The molecule has 2 rings (SSSR count). The van der Waals surface area contributed by atoms with Crippen LogP contribution in [0.4, 0.5) is 11.4 Å². The number of amides is 1. The first-order valence-electron chi connectivity index (χ1n) is 5.73. The highest BCUT2D eigenvalue weighted by atomic mass is 16.6. The van der Waals surface area contributed by atoms with Crippen molar-refractivity contribution in [2.75, 3.05) is 18.5 Å². The SMILES string of the molecule is CN(C(=O)C1(CN)CC1)c1ccc([N+](=O)[O-])cc1. The van der Waals surface area contributed by atoms with Crippen LogP contribution < -0.4 is 10.6 Å². The zero-order valence-corrected chi connectivity index (χ0v) is 10.1. The van der Waals surface area contributed by atoms with Crippen LogP contribution in [0.1, 0.15) is 12.8 Å². The molecule has 96 valence electrons. The Kier molecular flexibility index (Phi) is 3.04. The number of non-ortho nitro benzene ring substituents is 1. The number of hydrogen-bond acceptors (Lipinski definition) is 4. The van der Waals surface area contributed by atoms with Crippen LogP contribution in [0.15, 0.2) is 24.3 Å². The lowest BCUT2D eigenvalue weighted by molar-refractivity contribution is -0.384. The highest BCUT2D eigenvalue weighted by Crippen LogP contribution is 2.46. The van der Waals surface area contributed by atoms with Gasteiger partial charge in [-0.1, -0.05) is 0 Å². The fourth-order valence-electron chi connectivity index (χ4n) is 1.93. The van der Waals surface area contributed by atoms with Crippen LogP contribution in [-0.4, -0.2) is 24.4 Å². The number of nitrogens with two attached hydrogens (primary N) is 1. The number of nitro groups is 1. The van der Waals surface area contributed by atoms with Crippen molar-refractivity contribution in [2.45, 2.75) is 12.8 Å². The molecule has 0 bridgehead atoms. The molecule has 0 spiro atoms. The van der Waals surface area contributed by atoms with Gasteiger partial charge in [-0.25, -0.2) is 0 Å². The minimum absolute atomic E-state index is 0.0135. The number of nitro benzene ring substituents is 1. The smallest absolute Gasteiger partial charge is 0.269 e. The minimum atomic E-state index is -0.464. The third-order valence-electron chi connectivity index (χ3n) is 3.45. The maximum Gasteiger partial charge on any atom is 0.269 e. The summed E-state index contributed by atoms with van der Waals surface area (Å²) in [5.41, 5.74) is 5.86. The predicted molar refractivity (Wildman–Crippen MR) is 67.2 cm³/mol. The van der Waals surface area contributed by atoms with Gasteiger partial charge in [0.25, 0.3) is 5.69 Å². The van der Waals surface area contributed by atoms with E-state index in [9.17, 15) is 14.9 Å². The van der Waals surface area contributed by atoms with Gasteiger partial charge in [-0.3, -0.25) is 14.9 Å². The Morgan fingerprint density at radius 2 is 2.00 bits per heavy atom. The molecule has 0 radical (unpaired) electrons. The maximum atomic E-state index is 12.2. The van der Waals surface area contributed by atoms with Crippen LogP contribution in [0.2, 0.25) is 0 Å². The second-order valence-electron chi connectivity index (χ2n) is 4.62. The second-order valence-corrected chi connectivity index (χ2v) is 4.62. The first-order valence-corrected chi connectivity index (χ1v) is 5.73. The lowest BCUT2D eigenvalue weighted by Crippen LogP contribution is -2.38. The highest BCUT2D eigenvalue weighted by Gasteiger charge is 2.50.